The third-order valence-electron chi connectivity index (χ3n) is 12.0. The van der Waals surface area contributed by atoms with Crippen LogP contribution in [0.15, 0.2) is 233 Å². The van der Waals surface area contributed by atoms with Gasteiger partial charge < -0.3 is 13.7 Å². The largest absolute Gasteiger partial charge is 0.456 e. The Morgan fingerprint density at radius 2 is 0.639 bits per heavy atom. The first-order valence-electron chi connectivity index (χ1n) is 20.7. The van der Waals surface area contributed by atoms with Gasteiger partial charge in [0.1, 0.15) is 22.3 Å². The van der Waals surface area contributed by atoms with Gasteiger partial charge in [-0.3, -0.25) is 0 Å². The monoisotopic (exact) mass is 779 g/mol. The van der Waals surface area contributed by atoms with Crippen LogP contribution in [0.2, 0.25) is 0 Å². The lowest BCUT2D eigenvalue weighted by atomic mass is 9.91. The Morgan fingerprint density at radius 3 is 1.25 bits per heavy atom. The summed E-state index contributed by atoms with van der Waals surface area (Å²) in [5.41, 5.74) is 16.2. The van der Waals surface area contributed by atoms with E-state index in [1.165, 1.54) is 21.9 Å². The van der Waals surface area contributed by atoms with Gasteiger partial charge >= 0.3 is 0 Å². The molecule has 0 bridgehead atoms. The van der Waals surface area contributed by atoms with Gasteiger partial charge in [0.05, 0.1) is 0 Å². The van der Waals surface area contributed by atoms with E-state index in [0.29, 0.717) is 0 Å². The molecule has 61 heavy (non-hydrogen) atoms. The zero-order chi connectivity index (χ0) is 40.3. The van der Waals surface area contributed by atoms with Crippen LogP contribution in [0.5, 0.6) is 0 Å². The van der Waals surface area contributed by atoms with Crippen LogP contribution in [-0.4, -0.2) is 0 Å². The standard InChI is InChI=1S/C58H37NO2/c1-3-11-38(12-4-1)39-21-26-49(27-22-39)59(48-13-5-2-6-14-48)50-28-23-40-31-41(19-20-42(40)35-50)45-32-46(43-24-29-57-53(36-43)51-15-7-9-17-55(51)60-57)34-47(33-45)44-25-30-58-54(37-44)52-16-8-10-18-56(52)61-58/h1-37H. The predicted molar refractivity (Wildman–Crippen MR) is 255 cm³/mol. The number of nitrogens with zero attached hydrogens (tertiary/aromatic N) is 1. The summed E-state index contributed by atoms with van der Waals surface area (Å²) in [5.74, 6) is 0. The lowest BCUT2D eigenvalue weighted by molar-refractivity contribution is 0.668. The van der Waals surface area contributed by atoms with Crippen molar-refractivity contribution in [2.24, 2.45) is 0 Å². The molecular formula is C58H37NO2. The number of fused-ring (bicyclic) bond motifs is 7. The summed E-state index contributed by atoms with van der Waals surface area (Å²) < 4.78 is 12.4. The van der Waals surface area contributed by atoms with E-state index in [4.69, 9.17) is 8.83 Å². The molecule has 12 rings (SSSR count). The summed E-state index contributed by atoms with van der Waals surface area (Å²) in [4.78, 5) is 2.33. The van der Waals surface area contributed by atoms with Crippen molar-refractivity contribution in [2.75, 3.05) is 4.90 Å². The summed E-state index contributed by atoms with van der Waals surface area (Å²) >= 11 is 0. The molecule has 0 aliphatic heterocycles. The topological polar surface area (TPSA) is 29.5 Å². The van der Waals surface area contributed by atoms with E-state index in [2.05, 4.69) is 205 Å². The number of anilines is 3. The average molecular weight is 780 g/mol. The Morgan fingerprint density at radius 1 is 0.230 bits per heavy atom. The summed E-state index contributed by atoms with van der Waals surface area (Å²) in [6.45, 7) is 0. The fourth-order valence-electron chi connectivity index (χ4n) is 8.95. The summed E-state index contributed by atoms with van der Waals surface area (Å²) in [5, 5.41) is 6.83. The highest BCUT2D eigenvalue weighted by Crippen LogP contribution is 2.41. The Balaban J connectivity index is 0.969. The molecule has 0 amide bonds. The van der Waals surface area contributed by atoms with E-state index in [-0.39, 0.29) is 0 Å². The van der Waals surface area contributed by atoms with Crippen LogP contribution in [-0.2, 0) is 0 Å². The Hall–Kier alpha value is -8.14. The van der Waals surface area contributed by atoms with Gasteiger partial charge in [-0.05, 0) is 152 Å². The number of rotatable bonds is 7. The van der Waals surface area contributed by atoms with Gasteiger partial charge in [0.25, 0.3) is 0 Å². The highest BCUT2D eigenvalue weighted by atomic mass is 16.3. The van der Waals surface area contributed by atoms with Gasteiger partial charge in [-0.1, -0.05) is 127 Å². The molecule has 0 aliphatic carbocycles. The molecular weight excluding hydrogens is 743 g/mol. The van der Waals surface area contributed by atoms with Gasteiger partial charge in [-0.15, -0.1) is 0 Å². The van der Waals surface area contributed by atoms with E-state index in [9.17, 15) is 0 Å². The molecule has 10 aromatic carbocycles. The van der Waals surface area contributed by atoms with Gasteiger partial charge in [0.2, 0.25) is 0 Å². The van der Waals surface area contributed by atoms with Crippen molar-refractivity contribution in [3.05, 3.63) is 224 Å². The number of para-hydroxylation sites is 3. The maximum atomic E-state index is 6.22. The van der Waals surface area contributed by atoms with Crippen LogP contribution in [0, 0.1) is 0 Å². The smallest absolute Gasteiger partial charge is 0.135 e. The number of furan rings is 2. The van der Waals surface area contributed by atoms with Crippen molar-refractivity contribution in [1.82, 2.24) is 0 Å². The minimum atomic E-state index is 0.891. The summed E-state index contributed by atoms with van der Waals surface area (Å²) in [6.07, 6.45) is 0. The lowest BCUT2D eigenvalue weighted by Gasteiger charge is -2.26. The Bertz CT molecular complexity index is 3450. The fourth-order valence-corrected chi connectivity index (χ4v) is 8.95. The molecule has 3 nitrogen and oxygen atoms in total. The maximum Gasteiger partial charge on any atom is 0.135 e. The molecule has 0 saturated carbocycles. The third kappa shape index (κ3) is 6.23. The lowest BCUT2D eigenvalue weighted by Crippen LogP contribution is -2.09. The van der Waals surface area contributed by atoms with Crippen LogP contribution < -0.4 is 4.90 Å². The van der Waals surface area contributed by atoms with Crippen molar-refractivity contribution < 1.29 is 8.83 Å². The normalized spacial score (nSPS) is 11.6. The third-order valence-corrected chi connectivity index (χ3v) is 12.0. The molecule has 0 saturated heterocycles. The second kappa shape index (κ2) is 14.3. The molecule has 0 aliphatic rings. The van der Waals surface area contributed by atoms with Crippen molar-refractivity contribution in [3.8, 4) is 44.5 Å². The minimum Gasteiger partial charge on any atom is -0.456 e. The molecule has 0 radical (unpaired) electrons. The molecule has 0 spiro atoms. The quantitative estimate of drug-likeness (QED) is 0.161. The van der Waals surface area contributed by atoms with E-state index < -0.39 is 0 Å². The molecule has 2 heterocycles. The molecule has 12 aromatic rings. The minimum absolute atomic E-state index is 0.891. The SMILES string of the molecule is c1ccc(-c2ccc(N(c3ccccc3)c3ccc4cc(-c5cc(-c6ccc7oc8ccccc8c7c6)cc(-c6ccc7oc8ccccc8c7c6)c5)ccc4c3)cc2)cc1. The van der Waals surface area contributed by atoms with Crippen LogP contribution in [0.25, 0.3) is 99.2 Å². The first-order chi connectivity index (χ1) is 30.2. The van der Waals surface area contributed by atoms with E-state index in [1.54, 1.807) is 0 Å². The molecule has 0 unspecified atom stereocenters. The van der Waals surface area contributed by atoms with E-state index in [1.807, 2.05) is 24.3 Å². The van der Waals surface area contributed by atoms with Crippen molar-refractivity contribution >= 4 is 71.7 Å². The summed E-state index contributed by atoms with van der Waals surface area (Å²) in [7, 11) is 0. The van der Waals surface area contributed by atoms with Gasteiger partial charge in [-0.25, -0.2) is 0 Å². The van der Waals surface area contributed by atoms with Crippen molar-refractivity contribution in [1.29, 1.82) is 0 Å². The van der Waals surface area contributed by atoms with Crippen molar-refractivity contribution in [2.45, 2.75) is 0 Å². The molecule has 0 N–H and O–H groups in total. The van der Waals surface area contributed by atoms with Gasteiger partial charge in [-0.2, -0.15) is 0 Å². The maximum absolute atomic E-state index is 6.22. The zero-order valence-corrected chi connectivity index (χ0v) is 33.1. The zero-order valence-electron chi connectivity index (χ0n) is 33.1. The van der Waals surface area contributed by atoms with E-state index in [0.717, 1.165) is 94.3 Å². The van der Waals surface area contributed by atoms with Gasteiger partial charge in [0, 0.05) is 38.6 Å². The molecule has 2 aromatic heterocycles. The van der Waals surface area contributed by atoms with Crippen LogP contribution in [0.1, 0.15) is 0 Å². The van der Waals surface area contributed by atoms with Gasteiger partial charge in [0.15, 0.2) is 0 Å². The predicted octanol–water partition coefficient (Wildman–Crippen LogP) is 16.8. The Labute approximate surface area is 353 Å². The Kier molecular flexibility index (Phi) is 8.17. The van der Waals surface area contributed by atoms with Crippen LogP contribution in [0.4, 0.5) is 17.1 Å². The molecule has 3 heteroatoms. The summed E-state index contributed by atoms with van der Waals surface area (Å²) in [6, 6.07) is 80.2. The first kappa shape index (κ1) is 34.9. The van der Waals surface area contributed by atoms with Crippen molar-refractivity contribution in [3.63, 3.8) is 0 Å². The number of benzene rings is 10. The highest BCUT2D eigenvalue weighted by Gasteiger charge is 2.16. The first-order valence-corrected chi connectivity index (χ1v) is 20.7. The highest BCUT2D eigenvalue weighted by molar-refractivity contribution is 6.08. The number of hydrogen-bond donors (Lipinski definition) is 0. The second-order valence-electron chi connectivity index (χ2n) is 15.7. The van der Waals surface area contributed by atoms with E-state index >= 15 is 0 Å². The fraction of sp³-hybridized carbons (Fsp3) is 0. The van der Waals surface area contributed by atoms with Crippen LogP contribution >= 0.6 is 0 Å². The number of hydrogen-bond acceptors (Lipinski definition) is 3. The molecule has 286 valence electrons. The second-order valence-corrected chi connectivity index (χ2v) is 15.7. The average Bonchev–Trinajstić information content (AvgIpc) is 3.90. The molecule has 0 atom stereocenters. The molecule has 0 fully saturated rings. The van der Waals surface area contributed by atoms with Crippen LogP contribution in [0.3, 0.4) is 0 Å².